The van der Waals surface area contributed by atoms with E-state index in [4.69, 9.17) is 9.47 Å². The van der Waals surface area contributed by atoms with Crippen molar-refractivity contribution >= 4 is 16.9 Å². The first-order chi connectivity index (χ1) is 16.5. The first kappa shape index (κ1) is 22.1. The predicted octanol–water partition coefficient (Wildman–Crippen LogP) is 6.18. The number of rotatable bonds is 5. The average Bonchev–Trinajstić information content (AvgIpc) is 3.19. The SMILES string of the molecule is COc1cc(-c2c(C3CCOCC3)n(-c3ccc(C(=O)O)cc3)c3ccc(F)cc23)ccc1F. The number of hydrogen-bond donors (Lipinski definition) is 1. The minimum atomic E-state index is -1.00. The zero-order valence-corrected chi connectivity index (χ0v) is 18.6. The van der Waals surface area contributed by atoms with Crippen LogP contribution in [0.15, 0.2) is 60.7 Å². The van der Waals surface area contributed by atoms with E-state index in [0.717, 1.165) is 40.9 Å². The molecular weight excluding hydrogens is 440 g/mol. The largest absolute Gasteiger partial charge is 0.494 e. The number of ether oxygens (including phenoxy) is 2. The van der Waals surface area contributed by atoms with Gasteiger partial charge in [-0.15, -0.1) is 0 Å². The smallest absolute Gasteiger partial charge is 0.335 e. The van der Waals surface area contributed by atoms with Gasteiger partial charge in [0.2, 0.25) is 0 Å². The Morgan fingerprint density at radius 2 is 1.76 bits per heavy atom. The summed E-state index contributed by atoms with van der Waals surface area (Å²) in [7, 11) is 1.41. The molecular formula is C27H23F2NO4. The Morgan fingerprint density at radius 3 is 2.44 bits per heavy atom. The molecule has 34 heavy (non-hydrogen) atoms. The lowest BCUT2D eigenvalue weighted by molar-refractivity contribution is 0.0697. The summed E-state index contributed by atoms with van der Waals surface area (Å²) in [4.78, 5) is 11.4. The standard InChI is InChI=1S/C27H23F2NO4/c1-33-24-14-18(4-8-22(24)29)25-21-15-19(28)5-9-23(21)30(26(25)16-10-12-34-13-11-16)20-6-2-17(3-7-20)27(31)32/h2-9,14-16H,10-13H2,1H3,(H,31,32). The maximum atomic E-state index is 14.5. The van der Waals surface area contributed by atoms with Crippen molar-refractivity contribution in [2.24, 2.45) is 0 Å². The average molecular weight is 463 g/mol. The molecule has 5 rings (SSSR count). The number of aromatic nitrogens is 1. The Morgan fingerprint density at radius 1 is 1.03 bits per heavy atom. The van der Waals surface area contributed by atoms with Gasteiger partial charge in [0.05, 0.1) is 18.2 Å². The van der Waals surface area contributed by atoms with Crippen LogP contribution in [0.2, 0.25) is 0 Å². The Kier molecular flexibility index (Phi) is 5.79. The maximum absolute atomic E-state index is 14.5. The van der Waals surface area contributed by atoms with E-state index in [1.807, 2.05) is 0 Å². The van der Waals surface area contributed by atoms with Gasteiger partial charge in [-0.1, -0.05) is 6.07 Å². The number of hydrogen-bond acceptors (Lipinski definition) is 3. The summed E-state index contributed by atoms with van der Waals surface area (Å²) in [5.74, 6) is -1.64. The molecule has 1 aliphatic rings. The first-order valence-electron chi connectivity index (χ1n) is 11.1. The monoisotopic (exact) mass is 463 g/mol. The summed E-state index contributed by atoms with van der Waals surface area (Å²) in [5.41, 5.74) is 4.22. The molecule has 1 fully saturated rings. The van der Waals surface area contributed by atoms with Crippen molar-refractivity contribution in [2.75, 3.05) is 20.3 Å². The van der Waals surface area contributed by atoms with Crippen LogP contribution in [0.25, 0.3) is 27.7 Å². The highest BCUT2D eigenvalue weighted by atomic mass is 19.1. The second kappa shape index (κ2) is 8.91. The molecule has 0 spiro atoms. The van der Waals surface area contributed by atoms with E-state index in [1.54, 1.807) is 42.5 Å². The van der Waals surface area contributed by atoms with E-state index in [1.165, 1.54) is 25.3 Å². The van der Waals surface area contributed by atoms with Gasteiger partial charge in [0.1, 0.15) is 5.82 Å². The third kappa shape index (κ3) is 3.82. The van der Waals surface area contributed by atoms with Crippen LogP contribution in [-0.4, -0.2) is 36.0 Å². The molecule has 1 aliphatic heterocycles. The van der Waals surface area contributed by atoms with Crippen LogP contribution in [0.1, 0.15) is 34.8 Å². The minimum Gasteiger partial charge on any atom is -0.494 e. The molecule has 0 amide bonds. The van der Waals surface area contributed by atoms with Crippen LogP contribution in [0, 0.1) is 11.6 Å². The molecule has 0 unspecified atom stereocenters. The number of benzene rings is 3. The van der Waals surface area contributed by atoms with Crippen molar-refractivity contribution in [3.05, 3.63) is 83.6 Å². The molecule has 0 aliphatic carbocycles. The summed E-state index contributed by atoms with van der Waals surface area (Å²) in [6.07, 6.45) is 1.55. The number of methoxy groups -OCH3 is 1. The number of nitrogens with zero attached hydrogens (tertiary/aromatic N) is 1. The fraction of sp³-hybridized carbons (Fsp3) is 0.222. The van der Waals surface area contributed by atoms with Crippen LogP contribution < -0.4 is 4.74 Å². The van der Waals surface area contributed by atoms with Crippen LogP contribution >= 0.6 is 0 Å². The van der Waals surface area contributed by atoms with Crippen molar-refractivity contribution in [1.29, 1.82) is 0 Å². The lowest BCUT2D eigenvalue weighted by Crippen LogP contribution is -2.17. The van der Waals surface area contributed by atoms with E-state index in [9.17, 15) is 18.7 Å². The van der Waals surface area contributed by atoms with Crippen LogP contribution in [0.3, 0.4) is 0 Å². The van der Waals surface area contributed by atoms with E-state index in [-0.39, 0.29) is 23.0 Å². The van der Waals surface area contributed by atoms with Gasteiger partial charge >= 0.3 is 5.97 Å². The molecule has 0 saturated carbocycles. The van der Waals surface area contributed by atoms with Crippen LogP contribution in [-0.2, 0) is 4.74 Å². The lowest BCUT2D eigenvalue weighted by Gasteiger charge is -2.26. The number of carbonyl (C=O) groups is 1. The van der Waals surface area contributed by atoms with Gasteiger partial charge in [-0.2, -0.15) is 0 Å². The van der Waals surface area contributed by atoms with Gasteiger partial charge in [-0.3, -0.25) is 0 Å². The summed E-state index contributed by atoms with van der Waals surface area (Å²) in [5, 5.41) is 10.0. The fourth-order valence-electron chi connectivity index (χ4n) is 4.79. The zero-order chi connectivity index (χ0) is 23.8. The third-order valence-electron chi connectivity index (χ3n) is 6.39. The number of carboxylic acid groups (broad SMARTS) is 1. The number of fused-ring (bicyclic) bond motifs is 1. The van der Waals surface area contributed by atoms with Crippen LogP contribution in [0.4, 0.5) is 8.78 Å². The Bertz CT molecular complexity index is 1370. The molecule has 3 aromatic carbocycles. The van der Waals surface area contributed by atoms with Gasteiger partial charge in [-0.05, 0) is 73.0 Å². The van der Waals surface area contributed by atoms with E-state index >= 15 is 0 Å². The van der Waals surface area contributed by atoms with Gasteiger partial charge in [0.25, 0.3) is 0 Å². The second-order valence-corrected chi connectivity index (χ2v) is 8.35. The highest BCUT2D eigenvalue weighted by Crippen LogP contribution is 2.44. The Hall–Kier alpha value is -3.71. The van der Waals surface area contributed by atoms with Crippen LogP contribution in [0.5, 0.6) is 5.75 Å². The molecule has 1 aromatic heterocycles. The summed E-state index contributed by atoms with van der Waals surface area (Å²) in [6.45, 7) is 1.20. The van der Waals surface area contributed by atoms with Crippen molar-refractivity contribution < 1.29 is 28.2 Å². The van der Waals surface area contributed by atoms with E-state index < -0.39 is 11.8 Å². The van der Waals surface area contributed by atoms with E-state index in [2.05, 4.69) is 4.57 Å². The van der Waals surface area contributed by atoms with Crippen molar-refractivity contribution in [3.63, 3.8) is 0 Å². The first-order valence-corrected chi connectivity index (χ1v) is 11.1. The number of aromatic carboxylic acids is 1. The number of halogens is 2. The molecule has 7 heteroatoms. The third-order valence-corrected chi connectivity index (χ3v) is 6.39. The topological polar surface area (TPSA) is 60.7 Å². The zero-order valence-electron chi connectivity index (χ0n) is 18.6. The minimum absolute atomic E-state index is 0.106. The summed E-state index contributed by atoms with van der Waals surface area (Å²) < 4.78 is 41.6. The highest BCUT2D eigenvalue weighted by molar-refractivity contribution is 6.00. The van der Waals surface area contributed by atoms with Gasteiger partial charge in [0.15, 0.2) is 11.6 Å². The predicted molar refractivity (Wildman–Crippen MR) is 125 cm³/mol. The van der Waals surface area contributed by atoms with Crippen molar-refractivity contribution in [1.82, 2.24) is 4.57 Å². The fourth-order valence-corrected chi connectivity index (χ4v) is 4.79. The molecule has 174 valence electrons. The van der Waals surface area contributed by atoms with E-state index in [0.29, 0.717) is 18.6 Å². The normalized spacial score (nSPS) is 14.4. The maximum Gasteiger partial charge on any atom is 0.335 e. The molecule has 4 aromatic rings. The quantitative estimate of drug-likeness (QED) is 0.384. The van der Waals surface area contributed by atoms with Crippen molar-refractivity contribution in [3.8, 4) is 22.6 Å². The molecule has 5 nitrogen and oxygen atoms in total. The lowest BCUT2D eigenvalue weighted by atomic mass is 9.90. The molecule has 0 atom stereocenters. The highest BCUT2D eigenvalue weighted by Gasteiger charge is 2.28. The molecule has 0 radical (unpaired) electrons. The molecule has 2 heterocycles. The Balaban J connectivity index is 1.84. The molecule has 1 N–H and O–H groups in total. The second-order valence-electron chi connectivity index (χ2n) is 8.35. The van der Waals surface area contributed by atoms with Gasteiger partial charge < -0.3 is 19.1 Å². The number of carboxylic acids is 1. The summed E-state index contributed by atoms with van der Waals surface area (Å²) >= 11 is 0. The van der Waals surface area contributed by atoms with Crippen molar-refractivity contribution in [2.45, 2.75) is 18.8 Å². The van der Waals surface area contributed by atoms with Gasteiger partial charge in [-0.25, -0.2) is 13.6 Å². The Labute approximate surface area is 195 Å². The summed E-state index contributed by atoms with van der Waals surface area (Å²) in [6, 6.07) is 15.9. The molecule has 1 saturated heterocycles. The van der Waals surface area contributed by atoms with Gasteiger partial charge in [0, 0.05) is 41.5 Å². The molecule has 0 bridgehead atoms.